The Morgan fingerprint density at radius 1 is 0.333 bits per heavy atom. The average Bonchev–Trinajstić information content (AvgIpc) is 3.27. The highest BCUT2D eigenvalue weighted by Crippen LogP contribution is 2.80. The molecule has 0 saturated heterocycles. The van der Waals surface area contributed by atoms with Crippen molar-refractivity contribution in [1.29, 1.82) is 0 Å². The van der Waals surface area contributed by atoms with E-state index >= 15 is 0 Å². The van der Waals surface area contributed by atoms with Crippen LogP contribution in [0.15, 0.2) is 150 Å². The van der Waals surface area contributed by atoms with Crippen LogP contribution in [0.1, 0.15) is 152 Å². The molecule has 0 radical (unpaired) electrons. The predicted molar refractivity (Wildman–Crippen MR) is 276 cm³/mol. The van der Waals surface area contributed by atoms with Crippen molar-refractivity contribution in [3.05, 3.63) is 179 Å². The summed E-state index contributed by atoms with van der Waals surface area (Å²) in [7, 11) is -11.6. The highest BCUT2D eigenvalue weighted by Gasteiger charge is 2.75. The summed E-state index contributed by atoms with van der Waals surface area (Å²) in [6, 6.07) is 48.3. The van der Waals surface area contributed by atoms with Crippen LogP contribution >= 0.6 is 23.7 Å². The average molecular weight is 948 g/mol. The van der Waals surface area contributed by atoms with Gasteiger partial charge in [-0.25, -0.2) is 0 Å². The molecule has 0 atom stereocenters. The van der Waals surface area contributed by atoms with Gasteiger partial charge in [-0.1, -0.05) is 156 Å². The minimum absolute atomic E-state index is 0.314. The number of nitrogens with zero attached hydrogens (tertiary/aromatic N) is 1. The summed E-state index contributed by atoms with van der Waals surface area (Å²) in [6.07, 6.45) is 0. The first kappa shape index (κ1) is 49.0. The van der Waals surface area contributed by atoms with Crippen molar-refractivity contribution >= 4 is 23.7 Å². The maximum atomic E-state index is 7.27. The van der Waals surface area contributed by atoms with E-state index < -0.39 is 23.7 Å². The summed E-state index contributed by atoms with van der Waals surface area (Å²) in [5.74, 6) is 5.13. The molecule has 0 fully saturated rings. The summed E-state index contributed by atoms with van der Waals surface area (Å²) in [4.78, 5) is 7.44. The highest BCUT2D eigenvalue weighted by molar-refractivity contribution is 7.89. The van der Waals surface area contributed by atoms with Gasteiger partial charge in [0.25, 0.3) is 0 Å². The lowest BCUT2D eigenvalue weighted by Gasteiger charge is -2.34. The molecule has 6 aromatic rings. The molecule has 0 spiro atoms. The van der Waals surface area contributed by atoms with Crippen molar-refractivity contribution in [2.75, 3.05) is 0 Å². The van der Waals surface area contributed by atoms with E-state index in [0.717, 1.165) is 0 Å². The summed E-state index contributed by atoms with van der Waals surface area (Å²) >= 11 is 0. The van der Waals surface area contributed by atoms with Crippen molar-refractivity contribution in [3.63, 3.8) is 0 Å². The Balaban J connectivity index is 1.51. The van der Waals surface area contributed by atoms with Crippen LogP contribution in [0.4, 0.5) is 0 Å². The predicted octanol–water partition coefficient (Wildman–Crippen LogP) is 17.7. The van der Waals surface area contributed by atoms with E-state index in [0.29, 0.717) is 70.0 Å². The Morgan fingerprint density at radius 3 is 0.803 bits per heavy atom. The fourth-order valence-electron chi connectivity index (χ4n) is 7.19. The molecule has 1 heterocycles. The van der Waals surface area contributed by atoms with Crippen LogP contribution in [0.25, 0.3) is 0 Å². The number of hydrogen-bond acceptors (Lipinski definition) is 9. The quantitative estimate of drug-likeness (QED) is 0.0824. The molecule has 1 aliphatic rings. The van der Waals surface area contributed by atoms with Gasteiger partial charge >= 0.3 is 23.7 Å². The largest absolute Gasteiger partial charge is 0.617 e. The molecular weight excluding hydrogens is 880 g/mol. The van der Waals surface area contributed by atoms with E-state index in [-0.39, 0.29) is 0 Å². The first-order valence-electron chi connectivity index (χ1n) is 23.2. The molecule has 6 aromatic carbocycles. The van der Waals surface area contributed by atoms with Gasteiger partial charge < -0.3 is 9.05 Å². The minimum Gasteiger partial charge on any atom is -0.415 e. The third-order valence-electron chi connectivity index (χ3n) is 11.4. The highest BCUT2D eigenvalue weighted by atomic mass is 31.3. The van der Waals surface area contributed by atoms with Gasteiger partial charge in [0, 0.05) is 4.86 Å². The molecule has 0 aromatic heterocycles. The Hall–Kier alpha value is -4.87. The van der Waals surface area contributed by atoms with Gasteiger partial charge in [0.15, 0.2) is 23.0 Å². The Morgan fingerprint density at radius 2 is 0.561 bits per heavy atom. The molecule has 66 heavy (non-hydrogen) atoms. The van der Waals surface area contributed by atoms with E-state index in [1.807, 2.05) is 72.8 Å². The third-order valence-corrected chi connectivity index (χ3v) is 20.2. The zero-order valence-electron chi connectivity index (χ0n) is 40.6. The normalized spacial score (nSPS) is 15.2. The fourth-order valence-corrected chi connectivity index (χ4v) is 17.2. The van der Waals surface area contributed by atoms with Gasteiger partial charge in [-0.05, 0) is 142 Å². The molecule has 0 aliphatic carbocycles. The zero-order valence-corrected chi connectivity index (χ0v) is 43.2. The Bertz CT molecular complexity index is 2380. The molecule has 9 nitrogen and oxygen atoms in total. The zero-order chi connectivity index (χ0) is 47.2. The third kappa shape index (κ3) is 12.4. The number of hydrogen-bond donors (Lipinski definition) is 2. The number of rotatable bonds is 18. The lowest BCUT2D eigenvalue weighted by atomic mass is 10.0. The van der Waals surface area contributed by atoms with E-state index in [4.69, 9.17) is 31.7 Å². The smallest absolute Gasteiger partial charge is 0.415 e. The first-order valence-corrected chi connectivity index (χ1v) is 28.0. The number of benzene rings is 6. The van der Waals surface area contributed by atoms with Gasteiger partial charge in [-0.2, -0.15) is 0 Å². The maximum absolute atomic E-state index is 7.27. The van der Waals surface area contributed by atoms with Crippen molar-refractivity contribution < 1.29 is 27.1 Å². The summed E-state index contributed by atoms with van der Waals surface area (Å²) in [5.41, 5.74) is 7.02. The lowest BCUT2D eigenvalue weighted by molar-refractivity contribution is 0.403. The van der Waals surface area contributed by atoms with Gasteiger partial charge in [-0.15, -0.1) is 0 Å². The van der Waals surface area contributed by atoms with Gasteiger partial charge in [0.1, 0.15) is 16.4 Å². The Labute approximate surface area is 395 Å². The molecule has 0 unspecified atom stereocenters. The second kappa shape index (κ2) is 21.0. The van der Waals surface area contributed by atoms with Crippen LogP contribution in [0.3, 0.4) is 0 Å². The molecular formula is C54H68N3O6P3+2. The monoisotopic (exact) mass is 947 g/mol. The van der Waals surface area contributed by atoms with Crippen molar-refractivity contribution in [2.24, 2.45) is 4.52 Å². The second-order valence-corrected chi connectivity index (χ2v) is 25.4. The summed E-state index contributed by atoms with van der Waals surface area (Å²) < 4.78 is 49.0. The van der Waals surface area contributed by atoms with E-state index in [9.17, 15) is 0 Å². The molecule has 0 amide bonds. The standard InChI is InChI=1S/C54H68N3O6P3/c1-37(2)43-13-25-49(26-14-43)58-64(59-50-27-15-44(16-28-50)38(3)4)55-65(60-51-29-17-45(18-30-51)39(5)6,61-52-31-19-46(20-32-52)40(7)8)57-66(56-64,62-53-33-21-47(22-34-53)41(9)10)63-54-35-23-48(24-36-54)42(11)12/h13-42,55-56H,1-12H3/q+2. The van der Waals surface area contributed by atoms with Crippen LogP contribution in [0.5, 0.6) is 34.5 Å². The SMILES string of the molecule is CC(C)c1ccc(OP2(Oc3ccc(C(C)C)cc3)=N[P+](Oc3ccc(C(C)C)cc3)(Oc3ccc(C(C)C)cc3)N[P+](Oc3ccc(C(C)C)cc3)(Oc3ccc(C(C)C)cc3)N2)cc1. The minimum atomic E-state index is -3.89. The lowest BCUT2D eigenvalue weighted by Crippen LogP contribution is -2.41. The summed E-state index contributed by atoms with van der Waals surface area (Å²) in [6.45, 7) is 26.0. The molecule has 0 saturated carbocycles. The van der Waals surface area contributed by atoms with Crippen LogP contribution in [0, 0.1) is 0 Å². The van der Waals surface area contributed by atoms with Crippen molar-refractivity contribution in [2.45, 2.75) is 119 Å². The van der Waals surface area contributed by atoms with Gasteiger partial charge in [0.05, 0.1) is 4.52 Å². The summed E-state index contributed by atoms with van der Waals surface area (Å²) in [5, 5.41) is 0. The van der Waals surface area contributed by atoms with Crippen LogP contribution < -0.4 is 36.9 Å². The Kier molecular flexibility index (Phi) is 15.6. The van der Waals surface area contributed by atoms with E-state index in [1.165, 1.54) is 33.4 Å². The molecule has 1 aliphatic heterocycles. The first-order chi connectivity index (χ1) is 31.4. The van der Waals surface area contributed by atoms with Gasteiger partial charge in [-0.3, -0.25) is 18.1 Å². The molecule has 0 bridgehead atoms. The van der Waals surface area contributed by atoms with Crippen molar-refractivity contribution in [3.8, 4) is 34.5 Å². The van der Waals surface area contributed by atoms with E-state index in [2.05, 4.69) is 166 Å². The second-order valence-electron chi connectivity index (χ2n) is 18.8. The molecule has 12 heteroatoms. The van der Waals surface area contributed by atoms with Crippen LogP contribution in [-0.2, 0) is 0 Å². The maximum Gasteiger partial charge on any atom is 0.617 e. The van der Waals surface area contributed by atoms with Crippen LogP contribution in [0.2, 0.25) is 0 Å². The molecule has 7 rings (SSSR count). The van der Waals surface area contributed by atoms with Crippen LogP contribution in [-0.4, -0.2) is 0 Å². The van der Waals surface area contributed by atoms with Crippen molar-refractivity contribution in [1.82, 2.24) is 9.72 Å². The van der Waals surface area contributed by atoms with E-state index in [1.54, 1.807) is 0 Å². The fraction of sp³-hybridized carbons (Fsp3) is 0.333. The molecule has 348 valence electrons. The topological polar surface area (TPSA) is 91.8 Å². The number of nitrogens with one attached hydrogen (secondary N) is 2. The molecule has 2 N–H and O–H groups in total. The van der Waals surface area contributed by atoms with Gasteiger partial charge in [0.2, 0.25) is 0 Å².